The lowest BCUT2D eigenvalue weighted by molar-refractivity contribution is 1.24. The number of rotatable bonds is 6. The standard InChI is InChI=1S/C45H31N3/c1-3-10-32(11-4-1)33-18-21-38(22-19-33)48(39-24-27-46-28-25-39)40-16-9-15-36(30-40)37-20-23-42-43(31-37)47-29-26-34-12-7-8-17-41(34)45(47)44(42)35-13-5-2-6-14-35/h1-31H. The van der Waals surface area contributed by atoms with E-state index in [4.69, 9.17) is 0 Å². The van der Waals surface area contributed by atoms with Crippen molar-refractivity contribution in [2.75, 3.05) is 4.90 Å². The molecule has 0 saturated heterocycles. The van der Waals surface area contributed by atoms with Crippen LogP contribution in [-0.2, 0) is 0 Å². The molecule has 3 aromatic heterocycles. The Kier molecular flexibility index (Phi) is 6.80. The number of pyridine rings is 2. The summed E-state index contributed by atoms with van der Waals surface area (Å²) < 4.78 is 2.37. The van der Waals surface area contributed by atoms with Gasteiger partial charge in [-0.2, -0.15) is 0 Å². The summed E-state index contributed by atoms with van der Waals surface area (Å²) in [7, 11) is 0. The largest absolute Gasteiger partial charge is 0.315 e. The third kappa shape index (κ3) is 4.81. The minimum atomic E-state index is 1.06. The lowest BCUT2D eigenvalue weighted by Gasteiger charge is -2.26. The first kappa shape index (κ1) is 27.8. The highest BCUT2D eigenvalue weighted by molar-refractivity contribution is 6.15. The fourth-order valence-corrected chi connectivity index (χ4v) is 7.02. The van der Waals surface area contributed by atoms with Crippen molar-refractivity contribution in [3.8, 4) is 33.4 Å². The smallest absolute Gasteiger partial charge is 0.0619 e. The van der Waals surface area contributed by atoms with Crippen molar-refractivity contribution in [1.82, 2.24) is 9.38 Å². The van der Waals surface area contributed by atoms with Gasteiger partial charge in [0.15, 0.2) is 0 Å². The van der Waals surface area contributed by atoms with E-state index < -0.39 is 0 Å². The normalized spacial score (nSPS) is 11.3. The molecule has 0 unspecified atom stereocenters. The molecule has 0 radical (unpaired) electrons. The molecule has 226 valence electrons. The van der Waals surface area contributed by atoms with Crippen molar-refractivity contribution in [1.29, 1.82) is 0 Å². The summed E-state index contributed by atoms with van der Waals surface area (Å²) in [5.74, 6) is 0. The molecule has 9 aromatic rings. The molecule has 0 amide bonds. The summed E-state index contributed by atoms with van der Waals surface area (Å²) in [5.41, 5.74) is 12.9. The summed E-state index contributed by atoms with van der Waals surface area (Å²) in [6.07, 6.45) is 5.92. The van der Waals surface area contributed by atoms with Crippen LogP contribution in [0.2, 0.25) is 0 Å². The summed E-state index contributed by atoms with van der Waals surface area (Å²) in [6, 6.07) is 60.8. The molecule has 9 rings (SSSR count). The summed E-state index contributed by atoms with van der Waals surface area (Å²) in [6.45, 7) is 0. The molecule has 3 heteroatoms. The third-order valence-electron chi connectivity index (χ3n) is 9.28. The van der Waals surface area contributed by atoms with Crippen LogP contribution in [0.1, 0.15) is 0 Å². The Labute approximate surface area is 279 Å². The van der Waals surface area contributed by atoms with Crippen molar-refractivity contribution in [3.05, 3.63) is 188 Å². The quantitative estimate of drug-likeness (QED) is 0.186. The van der Waals surface area contributed by atoms with Crippen LogP contribution >= 0.6 is 0 Å². The van der Waals surface area contributed by atoms with Crippen molar-refractivity contribution < 1.29 is 0 Å². The summed E-state index contributed by atoms with van der Waals surface area (Å²) in [5, 5.41) is 3.74. The highest BCUT2D eigenvalue weighted by Crippen LogP contribution is 2.41. The molecule has 0 fully saturated rings. The second kappa shape index (κ2) is 11.7. The zero-order chi connectivity index (χ0) is 31.9. The molecule has 0 spiro atoms. The molecule has 0 aliphatic heterocycles. The Balaban J connectivity index is 1.19. The fourth-order valence-electron chi connectivity index (χ4n) is 7.02. The Morgan fingerprint density at radius 2 is 1.04 bits per heavy atom. The molecule has 3 nitrogen and oxygen atoms in total. The van der Waals surface area contributed by atoms with E-state index in [1.807, 2.05) is 12.4 Å². The van der Waals surface area contributed by atoms with Crippen LogP contribution in [0.15, 0.2) is 188 Å². The molecule has 0 aliphatic rings. The van der Waals surface area contributed by atoms with E-state index in [1.54, 1.807) is 0 Å². The van der Waals surface area contributed by atoms with E-state index >= 15 is 0 Å². The zero-order valence-corrected chi connectivity index (χ0v) is 26.2. The van der Waals surface area contributed by atoms with E-state index in [-0.39, 0.29) is 0 Å². The first-order valence-electron chi connectivity index (χ1n) is 16.3. The number of nitrogens with zero attached hydrogens (tertiary/aromatic N) is 3. The Morgan fingerprint density at radius 1 is 0.417 bits per heavy atom. The predicted molar refractivity (Wildman–Crippen MR) is 201 cm³/mol. The van der Waals surface area contributed by atoms with Crippen LogP contribution in [0.3, 0.4) is 0 Å². The number of benzene rings is 6. The molecular formula is C45H31N3. The van der Waals surface area contributed by atoms with Crippen LogP contribution < -0.4 is 4.90 Å². The Morgan fingerprint density at radius 3 is 1.83 bits per heavy atom. The van der Waals surface area contributed by atoms with Gasteiger partial charge in [0.1, 0.15) is 0 Å². The highest BCUT2D eigenvalue weighted by Gasteiger charge is 2.18. The second-order valence-corrected chi connectivity index (χ2v) is 12.1. The number of hydrogen-bond donors (Lipinski definition) is 0. The molecule has 0 N–H and O–H groups in total. The van der Waals surface area contributed by atoms with Crippen LogP contribution in [0.5, 0.6) is 0 Å². The third-order valence-corrected chi connectivity index (χ3v) is 9.28. The Bertz CT molecular complexity index is 2540. The molecular weight excluding hydrogens is 583 g/mol. The summed E-state index contributed by atoms with van der Waals surface area (Å²) >= 11 is 0. The van der Waals surface area contributed by atoms with Gasteiger partial charge >= 0.3 is 0 Å². The maximum absolute atomic E-state index is 4.30. The molecule has 6 aromatic carbocycles. The minimum Gasteiger partial charge on any atom is -0.315 e. The van der Waals surface area contributed by atoms with Crippen LogP contribution in [-0.4, -0.2) is 9.38 Å². The maximum Gasteiger partial charge on any atom is 0.0619 e. The van der Waals surface area contributed by atoms with E-state index in [0.29, 0.717) is 0 Å². The van der Waals surface area contributed by atoms with E-state index in [0.717, 1.165) is 22.6 Å². The van der Waals surface area contributed by atoms with Gasteiger partial charge in [0.25, 0.3) is 0 Å². The topological polar surface area (TPSA) is 20.5 Å². The number of hydrogen-bond acceptors (Lipinski definition) is 2. The van der Waals surface area contributed by atoms with Gasteiger partial charge in [-0.15, -0.1) is 0 Å². The van der Waals surface area contributed by atoms with Gasteiger partial charge in [-0.25, -0.2) is 0 Å². The lowest BCUT2D eigenvalue weighted by Crippen LogP contribution is -2.10. The van der Waals surface area contributed by atoms with E-state index in [2.05, 4.69) is 190 Å². The minimum absolute atomic E-state index is 1.06. The molecule has 48 heavy (non-hydrogen) atoms. The van der Waals surface area contributed by atoms with Gasteiger partial charge in [0.2, 0.25) is 0 Å². The van der Waals surface area contributed by atoms with Crippen molar-refractivity contribution in [3.63, 3.8) is 0 Å². The van der Waals surface area contributed by atoms with Gasteiger partial charge in [-0.05, 0) is 81.7 Å². The molecule has 0 atom stereocenters. The van der Waals surface area contributed by atoms with Gasteiger partial charge in [-0.1, -0.05) is 121 Å². The first-order valence-corrected chi connectivity index (χ1v) is 16.3. The number of anilines is 3. The van der Waals surface area contributed by atoms with Crippen molar-refractivity contribution in [2.45, 2.75) is 0 Å². The molecule has 0 aliphatic carbocycles. The molecule has 0 bridgehead atoms. The molecule has 3 heterocycles. The molecule has 0 saturated carbocycles. The van der Waals surface area contributed by atoms with Gasteiger partial charge in [-0.3, -0.25) is 4.98 Å². The Hall–Kier alpha value is -6.45. The first-order chi connectivity index (χ1) is 23.8. The van der Waals surface area contributed by atoms with Gasteiger partial charge < -0.3 is 9.30 Å². The van der Waals surface area contributed by atoms with E-state index in [9.17, 15) is 0 Å². The van der Waals surface area contributed by atoms with Crippen LogP contribution in [0, 0.1) is 0 Å². The maximum atomic E-state index is 4.30. The average Bonchev–Trinajstić information content (AvgIpc) is 3.51. The zero-order valence-electron chi connectivity index (χ0n) is 26.2. The van der Waals surface area contributed by atoms with E-state index in [1.165, 1.54) is 55.0 Å². The average molecular weight is 614 g/mol. The van der Waals surface area contributed by atoms with Crippen LogP contribution in [0.4, 0.5) is 17.1 Å². The lowest BCUT2D eigenvalue weighted by atomic mass is 9.98. The summed E-state index contributed by atoms with van der Waals surface area (Å²) in [4.78, 5) is 6.60. The van der Waals surface area contributed by atoms with Crippen LogP contribution in [0.25, 0.3) is 60.6 Å². The van der Waals surface area contributed by atoms with Gasteiger partial charge in [0, 0.05) is 52.0 Å². The fraction of sp³-hybridized carbons (Fsp3) is 0. The highest BCUT2D eigenvalue weighted by atomic mass is 15.1. The van der Waals surface area contributed by atoms with Gasteiger partial charge in [0.05, 0.1) is 11.0 Å². The monoisotopic (exact) mass is 613 g/mol. The van der Waals surface area contributed by atoms with Crippen molar-refractivity contribution in [2.24, 2.45) is 0 Å². The second-order valence-electron chi connectivity index (χ2n) is 12.1. The van der Waals surface area contributed by atoms with Crippen molar-refractivity contribution >= 4 is 44.3 Å². The predicted octanol–water partition coefficient (Wildman–Crippen LogP) is 12.1. The number of aromatic nitrogens is 2. The SMILES string of the molecule is c1ccc(-c2ccc(N(c3ccncc3)c3cccc(-c4ccc5c(-c6ccccc6)c6c7ccccc7ccn6c5c4)c3)cc2)cc1. The number of fused-ring (bicyclic) bond motifs is 5.